The SMILES string of the molecule is C/C(=C/c1ccccc1)CNCCC(=O)N1CCCCCC1. The maximum Gasteiger partial charge on any atom is 0.223 e. The fourth-order valence-electron chi connectivity index (χ4n) is 2.84. The zero-order valence-corrected chi connectivity index (χ0v) is 13.7. The maximum absolute atomic E-state index is 12.2. The van der Waals surface area contributed by atoms with Crippen LogP contribution in [0.5, 0.6) is 0 Å². The normalized spacial score (nSPS) is 16.4. The molecule has 1 heterocycles. The van der Waals surface area contributed by atoms with Crippen LogP contribution in [0.4, 0.5) is 0 Å². The number of hydrogen-bond acceptors (Lipinski definition) is 2. The molecule has 0 aromatic heterocycles. The monoisotopic (exact) mass is 300 g/mol. The van der Waals surface area contributed by atoms with E-state index < -0.39 is 0 Å². The van der Waals surface area contributed by atoms with Crippen molar-refractivity contribution < 1.29 is 4.79 Å². The molecule has 1 aliphatic rings. The van der Waals surface area contributed by atoms with Gasteiger partial charge in [0.2, 0.25) is 5.91 Å². The summed E-state index contributed by atoms with van der Waals surface area (Å²) in [5.41, 5.74) is 2.51. The molecule has 22 heavy (non-hydrogen) atoms. The average Bonchev–Trinajstić information content (AvgIpc) is 2.81. The lowest BCUT2D eigenvalue weighted by molar-refractivity contribution is -0.131. The number of nitrogens with zero attached hydrogens (tertiary/aromatic N) is 1. The Morgan fingerprint density at radius 1 is 1.14 bits per heavy atom. The average molecular weight is 300 g/mol. The standard InChI is InChI=1S/C19H28N2O/c1-17(15-18-9-5-4-6-10-18)16-20-12-11-19(22)21-13-7-2-3-8-14-21/h4-6,9-10,15,20H,2-3,7-8,11-14,16H2,1H3/b17-15-. The first-order chi connectivity index (χ1) is 10.8. The van der Waals surface area contributed by atoms with E-state index in [2.05, 4.69) is 30.4 Å². The highest BCUT2D eigenvalue weighted by molar-refractivity contribution is 5.76. The van der Waals surface area contributed by atoms with Gasteiger partial charge >= 0.3 is 0 Å². The van der Waals surface area contributed by atoms with Crippen LogP contribution >= 0.6 is 0 Å². The molecule has 1 saturated heterocycles. The van der Waals surface area contributed by atoms with Gasteiger partial charge < -0.3 is 10.2 Å². The van der Waals surface area contributed by atoms with Crippen molar-refractivity contribution in [3.05, 3.63) is 41.5 Å². The highest BCUT2D eigenvalue weighted by Crippen LogP contribution is 2.10. The minimum atomic E-state index is 0.305. The number of benzene rings is 1. The number of rotatable bonds is 6. The summed E-state index contributed by atoms with van der Waals surface area (Å²) in [6, 6.07) is 10.3. The lowest BCUT2D eigenvalue weighted by Gasteiger charge is -2.20. The van der Waals surface area contributed by atoms with E-state index in [9.17, 15) is 4.79 Å². The smallest absolute Gasteiger partial charge is 0.223 e. The van der Waals surface area contributed by atoms with Crippen molar-refractivity contribution in [3.63, 3.8) is 0 Å². The van der Waals surface area contributed by atoms with Gasteiger partial charge in [-0.25, -0.2) is 0 Å². The molecule has 1 amide bonds. The summed E-state index contributed by atoms with van der Waals surface area (Å²) < 4.78 is 0. The van der Waals surface area contributed by atoms with Gasteiger partial charge in [0.15, 0.2) is 0 Å². The molecular weight excluding hydrogens is 272 g/mol. The summed E-state index contributed by atoms with van der Waals surface area (Å²) >= 11 is 0. The molecule has 1 fully saturated rings. The zero-order valence-electron chi connectivity index (χ0n) is 13.7. The molecule has 0 saturated carbocycles. The van der Waals surface area contributed by atoms with Crippen LogP contribution in [-0.4, -0.2) is 37.0 Å². The maximum atomic E-state index is 12.2. The minimum Gasteiger partial charge on any atom is -0.343 e. The van der Waals surface area contributed by atoms with E-state index >= 15 is 0 Å². The summed E-state index contributed by atoms with van der Waals surface area (Å²) in [5, 5.41) is 3.38. The Kier molecular flexibility index (Phi) is 7.17. The lowest BCUT2D eigenvalue weighted by atomic mass is 10.1. The quantitative estimate of drug-likeness (QED) is 0.816. The molecule has 120 valence electrons. The molecule has 0 bridgehead atoms. The van der Waals surface area contributed by atoms with Crippen LogP contribution in [0.3, 0.4) is 0 Å². The number of carbonyl (C=O) groups is 1. The molecule has 0 aliphatic carbocycles. The highest BCUT2D eigenvalue weighted by atomic mass is 16.2. The van der Waals surface area contributed by atoms with Crippen LogP contribution in [0.15, 0.2) is 35.9 Å². The van der Waals surface area contributed by atoms with Crippen LogP contribution in [0.2, 0.25) is 0 Å². The van der Waals surface area contributed by atoms with Crippen LogP contribution in [0, 0.1) is 0 Å². The van der Waals surface area contributed by atoms with E-state index in [1.54, 1.807) is 0 Å². The van der Waals surface area contributed by atoms with Gasteiger partial charge in [0.1, 0.15) is 0 Å². The van der Waals surface area contributed by atoms with Gasteiger partial charge in [0.05, 0.1) is 0 Å². The first-order valence-corrected chi connectivity index (χ1v) is 8.46. The van der Waals surface area contributed by atoms with Crippen molar-refractivity contribution >= 4 is 12.0 Å². The van der Waals surface area contributed by atoms with E-state index in [4.69, 9.17) is 0 Å². The van der Waals surface area contributed by atoms with Gasteiger partial charge in [-0.3, -0.25) is 4.79 Å². The molecule has 0 spiro atoms. The molecule has 1 aliphatic heterocycles. The Labute approximate surface area is 134 Å². The molecular formula is C19H28N2O. The summed E-state index contributed by atoms with van der Waals surface area (Å²) in [6.07, 6.45) is 7.66. The molecule has 1 aromatic rings. The Morgan fingerprint density at radius 3 is 2.50 bits per heavy atom. The molecule has 3 heteroatoms. The van der Waals surface area contributed by atoms with Gasteiger partial charge in [-0.15, -0.1) is 0 Å². The van der Waals surface area contributed by atoms with E-state index in [-0.39, 0.29) is 0 Å². The molecule has 0 unspecified atom stereocenters. The van der Waals surface area contributed by atoms with Gasteiger partial charge in [0.25, 0.3) is 0 Å². The number of nitrogens with one attached hydrogen (secondary N) is 1. The summed E-state index contributed by atoms with van der Waals surface area (Å²) in [7, 11) is 0. The van der Waals surface area contributed by atoms with Crippen LogP contribution in [-0.2, 0) is 4.79 Å². The minimum absolute atomic E-state index is 0.305. The van der Waals surface area contributed by atoms with Crippen molar-refractivity contribution in [2.45, 2.75) is 39.0 Å². The van der Waals surface area contributed by atoms with Crippen molar-refractivity contribution in [3.8, 4) is 0 Å². The Balaban J connectivity index is 1.66. The number of hydrogen-bond donors (Lipinski definition) is 1. The van der Waals surface area contributed by atoms with Gasteiger partial charge in [-0.05, 0) is 25.3 Å². The highest BCUT2D eigenvalue weighted by Gasteiger charge is 2.14. The van der Waals surface area contributed by atoms with Crippen LogP contribution < -0.4 is 5.32 Å². The number of amides is 1. The van der Waals surface area contributed by atoms with Gasteiger partial charge in [-0.2, -0.15) is 0 Å². The Hall–Kier alpha value is -1.61. The number of likely N-dealkylation sites (tertiary alicyclic amines) is 1. The second-order valence-corrected chi connectivity index (χ2v) is 6.12. The molecule has 3 nitrogen and oxygen atoms in total. The summed E-state index contributed by atoms with van der Waals surface area (Å²) in [5.74, 6) is 0.305. The van der Waals surface area contributed by atoms with Crippen LogP contribution in [0.25, 0.3) is 6.08 Å². The Morgan fingerprint density at radius 2 is 1.82 bits per heavy atom. The van der Waals surface area contributed by atoms with Crippen LogP contribution in [0.1, 0.15) is 44.6 Å². The first kappa shape index (κ1) is 16.8. The van der Waals surface area contributed by atoms with E-state index in [0.717, 1.165) is 39.0 Å². The third-order valence-corrected chi connectivity index (χ3v) is 4.09. The van der Waals surface area contributed by atoms with Gasteiger partial charge in [-0.1, -0.05) is 54.8 Å². The Bertz CT molecular complexity index is 473. The van der Waals surface area contributed by atoms with Crippen molar-refractivity contribution in [2.75, 3.05) is 26.2 Å². The van der Waals surface area contributed by atoms with Gasteiger partial charge in [0, 0.05) is 32.6 Å². The third kappa shape index (κ3) is 6.02. The predicted octanol–water partition coefficient (Wildman–Crippen LogP) is 3.47. The number of carbonyl (C=O) groups excluding carboxylic acids is 1. The third-order valence-electron chi connectivity index (χ3n) is 4.09. The molecule has 2 rings (SSSR count). The second-order valence-electron chi connectivity index (χ2n) is 6.12. The summed E-state index contributed by atoms with van der Waals surface area (Å²) in [4.78, 5) is 14.2. The topological polar surface area (TPSA) is 32.3 Å². The molecule has 0 atom stereocenters. The van der Waals surface area contributed by atoms with Crippen molar-refractivity contribution in [2.24, 2.45) is 0 Å². The molecule has 1 N–H and O–H groups in total. The van der Waals surface area contributed by atoms with Crippen molar-refractivity contribution in [1.29, 1.82) is 0 Å². The lowest BCUT2D eigenvalue weighted by Crippen LogP contribution is -2.34. The van der Waals surface area contributed by atoms with E-state index in [1.165, 1.54) is 24.0 Å². The fourth-order valence-corrected chi connectivity index (χ4v) is 2.84. The van der Waals surface area contributed by atoms with E-state index in [1.807, 2.05) is 23.1 Å². The largest absolute Gasteiger partial charge is 0.343 e. The predicted molar refractivity (Wildman–Crippen MR) is 92.6 cm³/mol. The molecule has 0 radical (unpaired) electrons. The van der Waals surface area contributed by atoms with Crippen molar-refractivity contribution in [1.82, 2.24) is 10.2 Å². The molecule has 1 aromatic carbocycles. The summed E-state index contributed by atoms with van der Waals surface area (Å²) in [6.45, 7) is 5.62. The first-order valence-electron chi connectivity index (χ1n) is 8.46. The fraction of sp³-hybridized carbons (Fsp3) is 0.526. The second kappa shape index (κ2) is 9.42. The zero-order chi connectivity index (χ0) is 15.6. The van der Waals surface area contributed by atoms with E-state index in [0.29, 0.717) is 12.3 Å².